The third-order valence-corrected chi connectivity index (χ3v) is 2.64. The molecular formula is C12H20N2O. The smallest absolute Gasteiger partial charge is 0.244 e. The third-order valence-electron chi connectivity index (χ3n) is 2.64. The Hall–Kier alpha value is -1.09. The highest BCUT2D eigenvalue weighted by Gasteiger charge is 2.21. The van der Waals surface area contributed by atoms with Crippen LogP contribution >= 0.6 is 0 Å². The molecule has 0 radical (unpaired) electrons. The molecule has 2 atom stereocenters. The van der Waals surface area contributed by atoms with Crippen LogP contribution in [0.2, 0.25) is 0 Å². The van der Waals surface area contributed by atoms with Crippen molar-refractivity contribution in [2.75, 3.05) is 6.54 Å². The van der Waals surface area contributed by atoms with E-state index in [0.717, 1.165) is 19.4 Å². The van der Waals surface area contributed by atoms with E-state index in [1.165, 1.54) is 0 Å². The summed E-state index contributed by atoms with van der Waals surface area (Å²) in [6.45, 7) is 5.09. The molecule has 0 aromatic heterocycles. The molecule has 0 spiro atoms. The van der Waals surface area contributed by atoms with Crippen molar-refractivity contribution in [2.45, 2.75) is 38.8 Å². The van der Waals surface area contributed by atoms with Crippen LogP contribution in [0.15, 0.2) is 24.3 Å². The number of rotatable bonds is 3. The number of nitrogens with one attached hydrogen (secondary N) is 2. The second-order valence-electron chi connectivity index (χ2n) is 3.89. The van der Waals surface area contributed by atoms with E-state index >= 15 is 0 Å². The molecule has 1 saturated heterocycles. The molecule has 84 valence electrons. The normalized spacial score (nSPS) is 27.3. The first-order valence-electron chi connectivity index (χ1n) is 5.57. The Morgan fingerprint density at radius 1 is 1.47 bits per heavy atom. The number of carbonyl (C=O) groups excluding carboxylic acids is 1. The molecule has 0 aromatic rings. The Labute approximate surface area is 91.6 Å². The standard InChI is InChI=1S/C12H20N2O/c1-3-4-5-8-12(15)14-11-7-6-9-13-10(11)2/h3-5,8,10-11,13H,6-7,9H2,1-2H3,(H,14,15). The Morgan fingerprint density at radius 2 is 2.27 bits per heavy atom. The van der Waals surface area contributed by atoms with Crippen LogP contribution in [-0.4, -0.2) is 24.5 Å². The van der Waals surface area contributed by atoms with E-state index in [4.69, 9.17) is 0 Å². The van der Waals surface area contributed by atoms with Crippen molar-refractivity contribution < 1.29 is 4.79 Å². The maximum atomic E-state index is 11.5. The van der Waals surface area contributed by atoms with E-state index < -0.39 is 0 Å². The second kappa shape index (κ2) is 6.40. The van der Waals surface area contributed by atoms with Gasteiger partial charge in [-0.15, -0.1) is 0 Å². The van der Waals surface area contributed by atoms with Crippen molar-refractivity contribution in [1.29, 1.82) is 0 Å². The Bertz CT molecular complexity index is 258. The summed E-state index contributed by atoms with van der Waals surface area (Å²) in [5.41, 5.74) is 0. The lowest BCUT2D eigenvalue weighted by Gasteiger charge is -2.30. The van der Waals surface area contributed by atoms with Crippen LogP contribution in [0.1, 0.15) is 26.7 Å². The van der Waals surface area contributed by atoms with Crippen LogP contribution in [0.25, 0.3) is 0 Å². The van der Waals surface area contributed by atoms with E-state index in [-0.39, 0.29) is 11.9 Å². The van der Waals surface area contributed by atoms with Crippen LogP contribution < -0.4 is 10.6 Å². The first-order valence-corrected chi connectivity index (χ1v) is 5.57. The SMILES string of the molecule is CC=CC=CC(=O)NC1CCCNC1C. The Morgan fingerprint density at radius 3 is 2.93 bits per heavy atom. The van der Waals surface area contributed by atoms with Crippen LogP contribution in [0, 0.1) is 0 Å². The van der Waals surface area contributed by atoms with Crippen molar-refractivity contribution in [3.63, 3.8) is 0 Å². The van der Waals surface area contributed by atoms with Gasteiger partial charge < -0.3 is 10.6 Å². The molecular weight excluding hydrogens is 188 g/mol. The van der Waals surface area contributed by atoms with Crippen LogP contribution in [-0.2, 0) is 4.79 Å². The van der Waals surface area contributed by atoms with Gasteiger partial charge in [-0.05, 0) is 33.2 Å². The summed E-state index contributed by atoms with van der Waals surface area (Å²) < 4.78 is 0. The van der Waals surface area contributed by atoms with Gasteiger partial charge in [0.25, 0.3) is 0 Å². The molecule has 1 aliphatic rings. The first-order chi connectivity index (χ1) is 7.24. The van der Waals surface area contributed by atoms with Crippen molar-refractivity contribution in [3.8, 4) is 0 Å². The van der Waals surface area contributed by atoms with Gasteiger partial charge in [-0.2, -0.15) is 0 Å². The van der Waals surface area contributed by atoms with E-state index in [0.29, 0.717) is 6.04 Å². The van der Waals surface area contributed by atoms with Crippen molar-refractivity contribution in [1.82, 2.24) is 10.6 Å². The quantitative estimate of drug-likeness (QED) is 0.543. The summed E-state index contributed by atoms with van der Waals surface area (Å²) in [5.74, 6) is -0.00588. The predicted octanol–water partition coefficient (Wildman–Crippen LogP) is 1.38. The lowest BCUT2D eigenvalue weighted by Crippen LogP contribution is -2.51. The molecule has 3 nitrogen and oxygen atoms in total. The molecule has 0 bridgehead atoms. The van der Waals surface area contributed by atoms with E-state index in [1.54, 1.807) is 12.2 Å². The molecule has 0 saturated carbocycles. The number of piperidine rings is 1. The lowest BCUT2D eigenvalue weighted by molar-refractivity contribution is -0.117. The molecule has 1 fully saturated rings. The fraction of sp³-hybridized carbons (Fsp3) is 0.583. The fourth-order valence-electron chi connectivity index (χ4n) is 1.73. The fourth-order valence-corrected chi connectivity index (χ4v) is 1.73. The van der Waals surface area contributed by atoms with E-state index in [1.807, 2.05) is 19.1 Å². The molecule has 0 aromatic carbocycles. The van der Waals surface area contributed by atoms with Gasteiger partial charge in [-0.3, -0.25) is 4.79 Å². The van der Waals surface area contributed by atoms with Crippen LogP contribution in [0.3, 0.4) is 0 Å². The Kier molecular flexibility index (Phi) is 5.12. The molecule has 1 heterocycles. The van der Waals surface area contributed by atoms with Crippen molar-refractivity contribution in [3.05, 3.63) is 24.3 Å². The number of allylic oxidation sites excluding steroid dienone is 3. The number of amides is 1. The highest BCUT2D eigenvalue weighted by atomic mass is 16.1. The zero-order valence-electron chi connectivity index (χ0n) is 9.49. The molecule has 0 aliphatic carbocycles. The Balaban J connectivity index is 2.36. The summed E-state index contributed by atoms with van der Waals surface area (Å²) in [4.78, 5) is 11.5. The molecule has 2 unspecified atom stereocenters. The largest absolute Gasteiger partial charge is 0.348 e. The number of carbonyl (C=O) groups is 1. The van der Waals surface area contributed by atoms with Gasteiger partial charge in [0.2, 0.25) is 5.91 Å². The zero-order chi connectivity index (χ0) is 11.1. The topological polar surface area (TPSA) is 41.1 Å². The van der Waals surface area contributed by atoms with Gasteiger partial charge in [0.05, 0.1) is 0 Å². The molecule has 3 heteroatoms. The maximum Gasteiger partial charge on any atom is 0.244 e. The average Bonchev–Trinajstić information content (AvgIpc) is 2.22. The van der Waals surface area contributed by atoms with Gasteiger partial charge in [0.1, 0.15) is 0 Å². The molecule has 1 aliphatic heterocycles. The van der Waals surface area contributed by atoms with Crippen LogP contribution in [0.5, 0.6) is 0 Å². The lowest BCUT2D eigenvalue weighted by atomic mass is 10.00. The maximum absolute atomic E-state index is 11.5. The number of hydrogen-bond donors (Lipinski definition) is 2. The summed E-state index contributed by atoms with van der Waals surface area (Å²) in [5, 5.41) is 6.36. The monoisotopic (exact) mass is 208 g/mol. The summed E-state index contributed by atoms with van der Waals surface area (Å²) in [6.07, 6.45) is 9.28. The zero-order valence-corrected chi connectivity index (χ0v) is 9.49. The summed E-state index contributed by atoms with van der Waals surface area (Å²) >= 11 is 0. The minimum Gasteiger partial charge on any atom is -0.348 e. The first kappa shape index (κ1) is 12.0. The summed E-state index contributed by atoms with van der Waals surface area (Å²) in [6, 6.07) is 0.638. The molecule has 1 rings (SSSR count). The van der Waals surface area contributed by atoms with Gasteiger partial charge in [-0.25, -0.2) is 0 Å². The predicted molar refractivity (Wildman–Crippen MR) is 62.6 cm³/mol. The van der Waals surface area contributed by atoms with Crippen molar-refractivity contribution in [2.24, 2.45) is 0 Å². The van der Waals surface area contributed by atoms with E-state index in [2.05, 4.69) is 17.6 Å². The minimum atomic E-state index is -0.00588. The second-order valence-corrected chi connectivity index (χ2v) is 3.89. The molecule has 15 heavy (non-hydrogen) atoms. The van der Waals surface area contributed by atoms with Crippen molar-refractivity contribution >= 4 is 5.91 Å². The van der Waals surface area contributed by atoms with Gasteiger partial charge in [0, 0.05) is 18.2 Å². The highest BCUT2D eigenvalue weighted by molar-refractivity contribution is 5.88. The van der Waals surface area contributed by atoms with Gasteiger partial charge >= 0.3 is 0 Å². The van der Waals surface area contributed by atoms with Gasteiger partial charge in [-0.1, -0.05) is 18.2 Å². The van der Waals surface area contributed by atoms with E-state index in [9.17, 15) is 4.79 Å². The summed E-state index contributed by atoms with van der Waals surface area (Å²) in [7, 11) is 0. The number of hydrogen-bond acceptors (Lipinski definition) is 2. The van der Waals surface area contributed by atoms with Gasteiger partial charge in [0.15, 0.2) is 0 Å². The average molecular weight is 208 g/mol. The minimum absolute atomic E-state index is 0.00588. The molecule has 1 amide bonds. The molecule has 2 N–H and O–H groups in total. The highest BCUT2D eigenvalue weighted by Crippen LogP contribution is 2.07. The third kappa shape index (κ3) is 4.30. The van der Waals surface area contributed by atoms with Crippen LogP contribution in [0.4, 0.5) is 0 Å².